The predicted octanol–water partition coefficient (Wildman–Crippen LogP) is 8.19. The van der Waals surface area contributed by atoms with Crippen molar-refractivity contribution in [3.8, 4) is 0 Å². The molecule has 0 radical (unpaired) electrons. The molecular weight excluding hydrogens is 561 g/mol. The lowest BCUT2D eigenvalue weighted by molar-refractivity contribution is 0.0969. The first-order valence-electron chi connectivity index (χ1n) is 14.9. The third-order valence-electron chi connectivity index (χ3n) is 6.95. The molecule has 0 heterocycles. The first-order valence-corrected chi connectivity index (χ1v) is 15.7. The van der Waals surface area contributed by atoms with Gasteiger partial charge in [-0.1, -0.05) is 88.8 Å². The molecule has 3 rings (SSSR count). The number of benzene rings is 3. The van der Waals surface area contributed by atoms with E-state index < -0.39 is 0 Å². The molecule has 0 spiro atoms. The highest BCUT2D eigenvalue weighted by molar-refractivity contribution is 7.80. The van der Waals surface area contributed by atoms with Gasteiger partial charge in [-0.05, 0) is 97.6 Å². The number of nitrogens with one attached hydrogen (secondary N) is 4. The summed E-state index contributed by atoms with van der Waals surface area (Å²) in [6.07, 6.45) is 10.6. The van der Waals surface area contributed by atoms with E-state index in [1.54, 1.807) is 24.3 Å². The maximum atomic E-state index is 12.7. The zero-order valence-corrected chi connectivity index (χ0v) is 26.3. The molecule has 6 nitrogen and oxygen atoms in total. The molecule has 0 unspecified atom stereocenters. The van der Waals surface area contributed by atoms with Crippen molar-refractivity contribution in [1.82, 2.24) is 10.6 Å². The number of carbonyl (C=O) groups is 2. The van der Waals surface area contributed by atoms with Crippen molar-refractivity contribution in [2.75, 3.05) is 10.6 Å². The Morgan fingerprint density at radius 1 is 0.571 bits per heavy atom. The van der Waals surface area contributed by atoms with E-state index in [0.717, 1.165) is 73.9 Å². The van der Waals surface area contributed by atoms with E-state index in [1.165, 1.54) is 12.8 Å². The predicted molar refractivity (Wildman–Crippen MR) is 182 cm³/mol. The topological polar surface area (TPSA) is 82.3 Å². The van der Waals surface area contributed by atoms with Crippen LogP contribution in [0.15, 0.2) is 72.8 Å². The van der Waals surface area contributed by atoms with Crippen LogP contribution in [-0.4, -0.2) is 22.0 Å². The summed E-state index contributed by atoms with van der Waals surface area (Å²) in [7, 11) is 0. The highest BCUT2D eigenvalue weighted by Crippen LogP contribution is 2.29. The van der Waals surface area contributed by atoms with Gasteiger partial charge in [0.1, 0.15) is 0 Å². The second-order valence-corrected chi connectivity index (χ2v) is 11.2. The van der Waals surface area contributed by atoms with Crippen LogP contribution in [0.1, 0.15) is 97.1 Å². The molecule has 222 valence electrons. The Kier molecular flexibility index (Phi) is 14.1. The molecule has 0 aliphatic carbocycles. The second-order valence-electron chi connectivity index (χ2n) is 10.3. The van der Waals surface area contributed by atoms with E-state index in [0.29, 0.717) is 11.1 Å². The van der Waals surface area contributed by atoms with E-state index in [2.05, 4.69) is 47.2 Å². The third kappa shape index (κ3) is 11.0. The standard InChI is InChI=1S/C34H42N4O2S2/c1-3-5-7-11-21-27-23-30(36-34(42)38-32(40)26-19-15-10-16-20-26)28(22-12-8-6-4-2)24-29(27)35-33(41)37-31(39)25-17-13-9-14-18-25/h9-10,13-20,23-24H,3-8,11-12,21-22H2,1-2H3,(H2,35,37,39,41)(H2,36,38,40,42). The van der Waals surface area contributed by atoms with Crippen molar-refractivity contribution >= 4 is 57.8 Å². The van der Waals surface area contributed by atoms with E-state index in [4.69, 9.17) is 24.4 Å². The maximum Gasteiger partial charge on any atom is 0.257 e. The Bertz CT molecular complexity index is 1230. The first kappa shape index (κ1) is 32.9. The molecule has 0 aromatic heterocycles. The van der Waals surface area contributed by atoms with Crippen LogP contribution in [0.25, 0.3) is 0 Å². The highest BCUT2D eigenvalue weighted by Gasteiger charge is 2.15. The van der Waals surface area contributed by atoms with E-state index in [9.17, 15) is 9.59 Å². The smallest absolute Gasteiger partial charge is 0.257 e. The van der Waals surface area contributed by atoms with E-state index in [-0.39, 0.29) is 22.0 Å². The molecule has 0 bridgehead atoms. The van der Waals surface area contributed by atoms with Gasteiger partial charge in [0, 0.05) is 22.5 Å². The quantitative estimate of drug-likeness (QED) is 0.110. The fourth-order valence-corrected chi connectivity index (χ4v) is 5.06. The van der Waals surface area contributed by atoms with Crippen LogP contribution in [-0.2, 0) is 12.8 Å². The zero-order chi connectivity index (χ0) is 30.2. The molecule has 3 aromatic rings. The SMILES string of the molecule is CCCCCCc1cc(NC(=S)NC(=O)c2ccccc2)c(CCCCCC)cc1NC(=S)NC(=O)c1ccccc1. The monoisotopic (exact) mass is 602 g/mol. The van der Waals surface area contributed by atoms with Crippen LogP contribution in [0.4, 0.5) is 11.4 Å². The van der Waals surface area contributed by atoms with Crippen molar-refractivity contribution < 1.29 is 9.59 Å². The summed E-state index contributed by atoms with van der Waals surface area (Å²) in [5.74, 6) is -0.509. The molecule has 0 aliphatic heterocycles. The molecule has 0 aliphatic rings. The van der Waals surface area contributed by atoms with Crippen LogP contribution < -0.4 is 21.3 Å². The van der Waals surface area contributed by atoms with Crippen LogP contribution in [0.5, 0.6) is 0 Å². The van der Waals surface area contributed by atoms with Gasteiger partial charge in [-0.3, -0.25) is 20.2 Å². The minimum absolute atomic E-state index is 0.252. The number of hydrogen-bond donors (Lipinski definition) is 4. The number of amides is 2. The molecule has 0 fully saturated rings. The maximum absolute atomic E-state index is 12.7. The third-order valence-corrected chi connectivity index (χ3v) is 7.36. The Labute approximate surface area is 261 Å². The van der Waals surface area contributed by atoms with Crippen LogP contribution in [0.2, 0.25) is 0 Å². The number of hydrogen-bond acceptors (Lipinski definition) is 4. The summed E-state index contributed by atoms with van der Waals surface area (Å²) in [5, 5.41) is 12.7. The Hall–Kier alpha value is -3.62. The molecule has 2 amide bonds. The zero-order valence-electron chi connectivity index (χ0n) is 24.6. The summed E-state index contributed by atoms with van der Waals surface area (Å²) in [6.45, 7) is 4.39. The lowest BCUT2D eigenvalue weighted by Crippen LogP contribution is -2.35. The number of carbonyl (C=O) groups excluding carboxylic acids is 2. The van der Waals surface area contributed by atoms with Crippen molar-refractivity contribution in [3.05, 3.63) is 95.1 Å². The fourth-order valence-electron chi connectivity index (χ4n) is 4.66. The highest BCUT2D eigenvalue weighted by atomic mass is 32.1. The summed E-state index contributed by atoms with van der Waals surface area (Å²) < 4.78 is 0. The van der Waals surface area contributed by atoms with E-state index >= 15 is 0 Å². The average Bonchev–Trinajstić information content (AvgIpc) is 2.99. The summed E-state index contributed by atoms with van der Waals surface area (Å²) in [4.78, 5) is 25.4. The molecule has 0 atom stereocenters. The van der Waals surface area contributed by atoms with Crippen molar-refractivity contribution in [2.45, 2.75) is 78.1 Å². The second kappa shape index (κ2) is 18.0. The Morgan fingerprint density at radius 2 is 0.952 bits per heavy atom. The van der Waals surface area contributed by atoms with Gasteiger partial charge < -0.3 is 10.6 Å². The summed E-state index contributed by atoms with van der Waals surface area (Å²) in [6, 6.07) is 22.3. The number of anilines is 2. The molecule has 4 N–H and O–H groups in total. The summed E-state index contributed by atoms with van der Waals surface area (Å²) >= 11 is 11.1. The minimum Gasteiger partial charge on any atom is -0.332 e. The number of rotatable bonds is 14. The molecule has 3 aromatic carbocycles. The fraction of sp³-hybridized carbons (Fsp3) is 0.353. The Morgan fingerprint density at radius 3 is 1.31 bits per heavy atom. The average molecular weight is 603 g/mol. The molecule has 8 heteroatoms. The van der Waals surface area contributed by atoms with E-state index in [1.807, 2.05) is 36.4 Å². The Balaban J connectivity index is 1.84. The van der Waals surface area contributed by atoms with Crippen molar-refractivity contribution in [2.24, 2.45) is 0 Å². The van der Waals surface area contributed by atoms with Gasteiger partial charge in [0.15, 0.2) is 10.2 Å². The lowest BCUT2D eigenvalue weighted by Gasteiger charge is -2.20. The number of aryl methyl sites for hydroxylation is 2. The van der Waals surface area contributed by atoms with Crippen LogP contribution >= 0.6 is 24.4 Å². The van der Waals surface area contributed by atoms with Crippen LogP contribution in [0, 0.1) is 0 Å². The largest absolute Gasteiger partial charge is 0.332 e. The van der Waals surface area contributed by atoms with Gasteiger partial charge in [-0.2, -0.15) is 0 Å². The molecule has 0 saturated carbocycles. The number of thiocarbonyl (C=S) groups is 2. The first-order chi connectivity index (χ1) is 20.4. The van der Waals surface area contributed by atoms with Gasteiger partial charge in [0.25, 0.3) is 11.8 Å². The lowest BCUT2D eigenvalue weighted by atomic mass is 9.97. The van der Waals surface area contributed by atoms with Gasteiger partial charge in [0.2, 0.25) is 0 Å². The van der Waals surface area contributed by atoms with Gasteiger partial charge in [-0.15, -0.1) is 0 Å². The van der Waals surface area contributed by atoms with Crippen molar-refractivity contribution in [3.63, 3.8) is 0 Å². The molecule has 0 saturated heterocycles. The molecule has 42 heavy (non-hydrogen) atoms. The van der Waals surface area contributed by atoms with Gasteiger partial charge in [0.05, 0.1) is 0 Å². The molecular formula is C34H42N4O2S2. The van der Waals surface area contributed by atoms with Crippen LogP contribution in [0.3, 0.4) is 0 Å². The summed E-state index contributed by atoms with van der Waals surface area (Å²) in [5.41, 5.74) is 4.98. The minimum atomic E-state index is -0.254. The normalized spacial score (nSPS) is 10.5. The van der Waals surface area contributed by atoms with Crippen molar-refractivity contribution in [1.29, 1.82) is 0 Å². The number of unbranched alkanes of at least 4 members (excludes halogenated alkanes) is 6. The van der Waals surface area contributed by atoms with Gasteiger partial charge >= 0.3 is 0 Å². The van der Waals surface area contributed by atoms with Gasteiger partial charge in [-0.25, -0.2) is 0 Å².